The number of nitrogens with zero attached hydrogens (tertiary/aromatic N) is 1. The van der Waals surface area contributed by atoms with Crippen LogP contribution in [0.2, 0.25) is 0 Å². The standard InChI is InChI=1S/C31H49NO5/c1-29-20-27(33)28(37-18-17-35-16-14-32-12-3-4-13-32)19-22(29)5-6-24-25(29)7-10-30(2)26(24)8-11-31(30,34)23-9-15-36-21-23/h9,15,21-22,24-28,33-34H,3-8,10-14,16-20H2,1-2H3/t22?,24-,25-,26+,27?,28?,29+,30+,31?/m1/s1. The van der Waals surface area contributed by atoms with Gasteiger partial charge in [-0.3, -0.25) is 0 Å². The Kier molecular flexibility index (Phi) is 7.28. The molecule has 0 aromatic carbocycles. The Balaban J connectivity index is 1.05. The maximum atomic E-state index is 11.9. The summed E-state index contributed by atoms with van der Waals surface area (Å²) in [6.07, 6.45) is 14.0. The largest absolute Gasteiger partial charge is 0.472 e. The third-order valence-corrected chi connectivity index (χ3v) is 12.1. The van der Waals surface area contributed by atoms with Crippen molar-refractivity contribution in [2.45, 2.75) is 95.9 Å². The van der Waals surface area contributed by atoms with E-state index < -0.39 is 11.7 Å². The average molecular weight is 516 g/mol. The van der Waals surface area contributed by atoms with Gasteiger partial charge >= 0.3 is 0 Å². The number of ether oxygens (including phenoxy) is 2. The predicted molar refractivity (Wildman–Crippen MR) is 142 cm³/mol. The van der Waals surface area contributed by atoms with Crippen LogP contribution in [0.1, 0.15) is 83.6 Å². The molecule has 1 aromatic heterocycles. The van der Waals surface area contributed by atoms with Crippen molar-refractivity contribution in [2.24, 2.45) is 34.5 Å². The zero-order valence-electron chi connectivity index (χ0n) is 23.1. The Hall–Kier alpha value is -0.920. The van der Waals surface area contributed by atoms with Crippen molar-refractivity contribution in [1.82, 2.24) is 4.90 Å². The van der Waals surface area contributed by atoms with Gasteiger partial charge in [0.05, 0.1) is 50.2 Å². The smallest absolute Gasteiger partial charge is 0.0983 e. The summed E-state index contributed by atoms with van der Waals surface area (Å²) in [5.41, 5.74) is 0.236. The van der Waals surface area contributed by atoms with E-state index in [2.05, 4.69) is 18.7 Å². The normalized spacial score (nSPS) is 45.9. The molecule has 4 saturated carbocycles. The van der Waals surface area contributed by atoms with Crippen molar-refractivity contribution in [2.75, 3.05) is 39.5 Å². The lowest BCUT2D eigenvalue weighted by Gasteiger charge is -2.62. The zero-order valence-corrected chi connectivity index (χ0v) is 23.1. The third kappa shape index (κ3) is 4.43. The van der Waals surface area contributed by atoms with E-state index in [1.807, 2.05) is 6.07 Å². The van der Waals surface area contributed by atoms with Crippen LogP contribution < -0.4 is 0 Å². The maximum Gasteiger partial charge on any atom is 0.0983 e. The fourth-order valence-electron chi connectivity index (χ4n) is 9.99. The number of aliphatic hydroxyl groups is 2. The summed E-state index contributed by atoms with van der Waals surface area (Å²) in [7, 11) is 0. The van der Waals surface area contributed by atoms with Crippen molar-refractivity contribution >= 4 is 0 Å². The molecule has 1 aliphatic heterocycles. The van der Waals surface area contributed by atoms with Crippen LogP contribution in [0.15, 0.2) is 23.0 Å². The maximum absolute atomic E-state index is 11.9. The van der Waals surface area contributed by atoms with E-state index in [-0.39, 0.29) is 16.9 Å². The lowest BCUT2D eigenvalue weighted by atomic mass is 9.44. The van der Waals surface area contributed by atoms with Gasteiger partial charge in [0.15, 0.2) is 0 Å². The lowest BCUT2D eigenvalue weighted by molar-refractivity contribution is -0.187. The summed E-state index contributed by atoms with van der Waals surface area (Å²) in [4.78, 5) is 2.47. The summed E-state index contributed by atoms with van der Waals surface area (Å²) in [5.74, 6) is 2.40. The zero-order chi connectivity index (χ0) is 25.7. The summed E-state index contributed by atoms with van der Waals surface area (Å²) in [6, 6.07) is 1.97. The molecule has 2 N–H and O–H groups in total. The first-order valence-electron chi connectivity index (χ1n) is 15.2. The highest BCUT2D eigenvalue weighted by Gasteiger charge is 2.65. The Morgan fingerprint density at radius 3 is 2.62 bits per heavy atom. The Morgan fingerprint density at radius 1 is 1.03 bits per heavy atom. The molecule has 0 amide bonds. The molecule has 6 heteroatoms. The van der Waals surface area contributed by atoms with E-state index >= 15 is 0 Å². The van der Waals surface area contributed by atoms with Gasteiger partial charge in [-0.05, 0) is 112 Å². The van der Waals surface area contributed by atoms with Crippen molar-refractivity contribution in [3.8, 4) is 0 Å². The highest BCUT2D eigenvalue weighted by atomic mass is 16.5. The van der Waals surface area contributed by atoms with Crippen LogP contribution in [0.4, 0.5) is 0 Å². The molecule has 4 unspecified atom stereocenters. The quantitative estimate of drug-likeness (QED) is 0.476. The van der Waals surface area contributed by atoms with E-state index in [0.717, 1.165) is 57.2 Å². The van der Waals surface area contributed by atoms with E-state index in [1.54, 1.807) is 12.5 Å². The molecule has 5 aliphatic rings. The molecule has 1 aromatic rings. The molecule has 6 rings (SSSR count). The van der Waals surface area contributed by atoms with Crippen LogP contribution in [-0.2, 0) is 15.1 Å². The minimum absolute atomic E-state index is 0.0664. The molecule has 208 valence electrons. The molecule has 2 heterocycles. The molecule has 5 fully saturated rings. The number of aliphatic hydroxyl groups excluding tert-OH is 1. The van der Waals surface area contributed by atoms with Crippen molar-refractivity contribution in [1.29, 1.82) is 0 Å². The first kappa shape index (κ1) is 26.3. The Morgan fingerprint density at radius 2 is 1.84 bits per heavy atom. The van der Waals surface area contributed by atoms with Gasteiger partial charge in [-0.15, -0.1) is 0 Å². The molecule has 1 saturated heterocycles. The summed E-state index contributed by atoms with van der Waals surface area (Å²) in [5, 5.41) is 23.2. The Labute approximate surface area is 223 Å². The minimum atomic E-state index is -0.783. The van der Waals surface area contributed by atoms with Gasteiger partial charge in [-0.2, -0.15) is 0 Å². The molecule has 37 heavy (non-hydrogen) atoms. The molecular formula is C31H49NO5. The van der Waals surface area contributed by atoms with Crippen LogP contribution in [0.25, 0.3) is 0 Å². The second-order valence-electron chi connectivity index (χ2n) is 13.6. The van der Waals surface area contributed by atoms with Crippen LogP contribution in [-0.4, -0.2) is 66.8 Å². The van der Waals surface area contributed by atoms with Crippen LogP contribution in [0.3, 0.4) is 0 Å². The Bertz CT molecular complexity index is 901. The number of hydrogen-bond acceptors (Lipinski definition) is 6. The highest BCUT2D eigenvalue weighted by Crippen LogP contribution is 2.70. The highest BCUT2D eigenvalue weighted by molar-refractivity contribution is 5.26. The molecule has 0 spiro atoms. The van der Waals surface area contributed by atoms with Gasteiger partial charge in [-0.25, -0.2) is 0 Å². The molecule has 6 nitrogen and oxygen atoms in total. The average Bonchev–Trinajstić information content (AvgIpc) is 3.64. The number of hydrogen-bond donors (Lipinski definition) is 2. The van der Waals surface area contributed by atoms with Gasteiger partial charge < -0.3 is 29.0 Å². The molecule has 4 aliphatic carbocycles. The minimum Gasteiger partial charge on any atom is -0.472 e. The molecule has 0 radical (unpaired) electrons. The molecule has 9 atom stereocenters. The van der Waals surface area contributed by atoms with Gasteiger partial charge in [0.2, 0.25) is 0 Å². The van der Waals surface area contributed by atoms with Gasteiger partial charge in [0.25, 0.3) is 0 Å². The second-order valence-corrected chi connectivity index (χ2v) is 13.6. The van der Waals surface area contributed by atoms with Gasteiger partial charge in [0, 0.05) is 17.5 Å². The SMILES string of the molecule is C[C@]12CC(O)C(OCCOCCN3CCCC3)CC1CC[C@@H]1[C@H]2CC[C@@]2(C)[C@H]1CCC2(O)c1ccoc1. The monoisotopic (exact) mass is 515 g/mol. The van der Waals surface area contributed by atoms with E-state index in [1.165, 1.54) is 38.8 Å². The molecule has 0 bridgehead atoms. The lowest BCUT2D eigenvalue weighted by Crippen LogP contribution is -2.58. The number of likely N-dealkylation sites (tertiary alicyclic amines) is 1. The predicted octanol–water partition coefficient (Wildman–Crippen LogP) is 4.98. The van der Waals surface area contributed by atoms with Crippen LogP contribution in [0, 0.1) is 34.5 Å². The van der Waals surface area contributed by atoms with Crippen molar-refractivity contribution in [3.63, 3.8) is 0 Å². The summed E-state index contributed by atoms with van der Waals surface area (Å²) in [6.45, 7) is 10.2. The van der Waals surface area contributed by atoms with E-state index in [4.69, 9.17) is 13.9 Å². The van der Waals surface area contributed by atoms with E-state index in [0.29, 0.717) is 36.9 Å². The fraction of sp³-hybridized carbons (Fsp3) is 0.871. The van der Waals surface area contributed by atoms with Crippen LogP contribution in [0.5, 0.6) is 0 Å². The third-order valence-electron chi connectivity index (χ3n) is 12.1. The van der Waals surface area contributed by atoms with E-state index in [9.17, 15) is 10.2 Å². The van der Waals surface area contributed by atoms with Crippen molar-refractivity contribution in [3.05, 3.63) is 24.2 Å². The first-order chi connectivity index (χ1) is 17.8. The topological polar surface area (TPSA) is 75.3 Å². The van der Waals surface area contributed by atoms with Gasteiger partial charge in [-0.1, -0.05) is 13.8 Å². The van der Waals surface area contributed by atoms with Gasteiger partial charge in [0.1, 0.15) is 0 Å². The second kappa shape index (κ2) is 10.2. The number of furan rings is 1. The summed E-state index contributed by atoms with van der Waals surface area (Å²) >= 11 is 0. The summed E-state index contributed by atoms with van der Waals surface area (Å²) < 4.78 is 17.4. The number of rotatable bonds is 8. The fourth-order valence-corrected chi connectivity index (χ4v) is 9.99. The van der Waals surface area contributed by atoms with Crippen LogP contribution >= 0.6 is 0 Å². The molecular weight excluding hydrogens is 466 g/mol. The van der Waals surface area contributed by atoms with Crippen molar-refractivity contribution < 1.29 is 24.1 Å². The number of fused-ring (bicyclic) bond motifs is 5. The first-order valence-corrected chi connectivity index (χ1v) is 15.2.